The number of fused-ring (bicyclic) bond motifs is 2. The second kappa shape index (κ2) is 6.52. The molecule has 2 aromatic rings. The molecule has 0 spiro atoms. The zero-order valence-corrected chi connectivity index (χ0v) is 14.1. The number of rotatable bonds is 3. The molecule has 2 heteroatoms. The number of carbonyl (C=O) groups is 1. The van der Waals surface area contributed by atoms with Gasteiger partial charge in [0.1, 0.15) is 0 Å². The van der Waals surface area contributed by atoms with Gasteiger partial charge in [0.25, 0.3) is 0 Å². The molecule has 2 aromatic carbocycles. The van der Waals surface area contributed by atoms with Crippen molar-refractivity contribution in [3.63, 3.8) is 0 Å². The van der Waals surface area contributed by atoms with Gasteiger partial charge in [0.15, 0.2) is 5.78 Å². The minimum atomic E-state index is 0.234. The largest absolute Gasteiger partial charge is 0.294 e. The van der Waals surface area contributed by atoms with Crippen molar-refractivity contribution in [3.05, 3.63) is 60.2 Å². The van der Waals surface area contributed by atoms with E-state index >= 15 is 0 Å². The van der Waals surface area contributed by atoms with E-state index in [1.165, 1.54) is 24.8 Å². The minimum absolute atomic E-state index is 0.234. The second-order valence-corrected chi connectivity index (χ2v) is 8.40. The molecule has 2 aliphatic heterocycles. The lowest BCUT2D eigenvalue weighted by Crippen LogP contribution is -2.32. The molecule has 0 N–H and O–H groups in total. The Kier molecular flexibility index (Phi) is 4.26. The highest BCUT2D eigenvalue weighted by atomic mass is 32.2. The van der Waals surface area contributed by atoms with Crippen LogP contribution in [-0.2, 0) is 0 Å². The van der Waals surface area contributed by atoms with Gasteiger partial charge in [-0.2, -0.15) is 11.8 Å². The van der Waals surface area contributed by atoms with E-state index in [0.29, 0.717) is 16.3 Å². The normalized spacial score (nSPS) is 26.7. The molecule has 23 heavy (non-hydrogen) atoms. The fraction of sp³-hybridized carbons (Fsp3) is 0.381. The van der Waals surface area contributed by atoms with E-state index in [1.54, 1.807) is 0 Å². The van der Waals surface area contributed by atoms with Crippen LogP contribution in [0.4, 0.5) is 0 Å². The van der Waals surface area contributed by atoms with Crippen LogP contribution in [0.2, 0.25) is 0 Å². The average Bonchev–Trinajstić information content (AvgIpc) is 2.61. The molecule has 0 amide bonds. The van der Waals surface area contributed by atoms with Crippen molar-refractivity contribution in [2.24, 2.45) is 5.92 Å². The van der Waals surface area contributed by atoms with Crippen LogP contribution in [0.5, 0.6) is 0 Å². The summed E-state index contributed by atoms with van der Waals surface area (Å²) in [5.41, 5.74) is 3.21. The number of hydrogen-bond donors (Lipinski definition) is 0. The van der Waals surface area contributed by atoms with Crippen LogP contribution >= 0.6 is 11.8 Å². The molecule has 2 saturated heterocycles. The van der Waals surface area contributed by atoms with Crippen LogP contribution in [0, 0.1) is 5.92 Å². The maximum Gasteiger partial charge on any atom is 0.166 e. The highest BCUT2D eigenvalue weighted by Crippen LogP contribution is 2.44. The molecule has 0 radical (unpaired) electrons. The van der Waals surface area contributed by atoms with Crippen molar-refractivity contribution >= 4 is 17.5 Å². The lowest BCUT2D eigenvalue weighted by Gasteiger charge is -2.38. The van der Waals surface area contributed by atoms with Crippen LogP contribution in [0.3, 0.4) is 0 Å². The van der Waals surface area contributed by atoms with Crippen LogP contribution in [0.15, 0.2) is 54.6 Å². The van der Waals surface area contributed by atoms with Gasteiger partial charge in [-0.25, -0.2) is 0 Å². The molecule has 2 aliphatic rings. The fourth-order valence-corrected chi connectivity index (χ4v) is 5.83. The van der Waals surface area contributed by atoms with Gasteiger partial charge in [0, 0.05) is 22.0 Å². The molecule has 2 heterocycles. The van der Waals surface area contributed by atoms with E-state index in [-0.39, 0.29) is 5.92 Å². The Bertz CT molecular complexity index is 682. The van der Waals surface area contributed by atoms with Gasteiger partial charge in [0.05, 0.1) is 0 Å². The molecule has 2 bridgehead atoms. The molecule has 0 saturated carbocycles. The highest BCUT2D eigenvalue weighted by molar-refractivity contribution is 8.00. The molecular weight excluding hydrogens is 300 g/mol. The zero-order chi connectivity index (χ0) is 15.6. The molecule has 2 unspecified atom stereocenters. The number of ketones is 1. The van der Waals surface area contributed by atoms with Crippen LogP contribution in [-0.4, -0.2) is 16.3 Å². The third-order valence-corrected chi connectivity index (χ3v) is 6.78. The molecule has 1 nitrogen and oxygen atoms in total. The first-order chi connectivity index (χ1) is 11.3. The Hall–Kier alpha value is -1.54. The first kappa shape index (κ1) is 15.0. The second-order valence-electron chi connectivity index (χ2n) is 6.79. The van der Waals surface area contributed by atoms with Crippen LogP contribution < -0.4 is 0 Å². The monoisotopic (exact) mass is 322 g/mol. The Morgan fingerprint density at radius 3 is 2.30 bits per heavy atom. The maximum atomic E-state index is 13.0. The number of Topliss-reactive ketones (excluding diaryl/α,β-unsaturated/α-hetero) is 1. The quantitative estimate of drug-likeness (QED) is 0.684. The van der Waals surface area contributed by atoms with Crippen molar-refractivity contribution in [2.45, 2.75) is 42.6 Å². The van der Waals surface area contributed by atoms with Crippen molar-refractivity contribution in [3.8, 4) is 11.1 Å². The van der Waals surface area contributed by atoms with Gasteiger partial charge in [0.2, 0.25) is 0 Å². The minimum Gasteiger partial charge on any atom is -0.294 e. The summed E-state index contributed by atoms with van der Waals surface area (Å²) >= 11 is 2.14. The Morgan fingerprint density at radius 1 is 0.870 bits per heavy atom. The smallest absolute Gasteiger partial charge is 0.166 e. The number of thioether (sulfide) groups is 1. The van der Waals surface area contributed by atoms with Gasteiger partial charge in [-0.15, -0.1) is 0 Å². The first-order valence-electron chi connectivity index (χ1n) is 8.65. The SMILES string of the molecule is O=C(c1cccc(-c2ccccc2)c1)C1CC2CCCC(C1)S2. The van der Waals surface area contributed by atoms with E-state index in [0.717, 1.165) is 24.0 Å². The van der Waals surface area contributed by atoms with Gasteiger partial charge in [-0.1, -0.05) is 55.0 Å². The van der Waals surface area contributed by atoms with Crippen molar-refractivity contribution < 1.29 is 4.79 Å². The number of carbonyl (C=O) groups excluding carboxylic acids is 1. The van der Waals surface area contributed by atoms with Gasteiger partial charge in [-0.05, 0) is 42.9 Å². The third-order valence-electron chi connectivity index (χ3n) is 5.16. The summed E-state index contributed by atoms with van der Waals surface area (Å²) in [5.74, 6) is 0.595. The predicted molar refractivity (Wildman–Crippen MR) is 98.0 cm³/mol. The standard InChI is InChI=1S/C21H22OS/c22-21(18-13-19-10-5-11-20(14-18)23-19)17-9-4-8-16(12-17)15-6-2-1-3-7-15/h1-4,6-9,12,18-20H,5,10-11,13-14H2. The molecule has 118 valence electrons. The summed E-state index contributed by atoms with van der Waals surface area (Å²) < 4.78 is 0. The van der Waals surface area contributed by atoms with Crippen LogP contribution in [0.1, 0.15) is 42.5 Å². The molecule has 4 rings (SSSR count). The van der Waals surface area contributed by atoms with E-state index in [2.05, 4.69) is 36.0 Å². The molecule has 0 aliphatic carbocycles. The molecule has 2 atom stereocenters. The van der Waals surface area contributed by atoms with E-state index in [4.69, 9.17) is 0 Å². The molecular formula is C21H22OS. The number of benzene rings is 2. The van der Waals surface area contributed by atoms with Gasteiger partial charge >= 0.3 is 0 Å². The topological polar surface area (TPSA) is 17.1 Å². The van der Waals surface area contributed by atoms with Gasteiger partial charge in [-0.3, -0.25) is 4.79 Å². The van der Waals surface area contributed by atoms with Crippen molar-refractivity contribution in [1.29, 1.82) is 0 Å². The summed E-state index contributed by atoms with van der Waals surface area (Å²) in [6, 6.07) is 18.5. The number of hydrogen-bond acceptors (Lipinski definition) is 2. The highest BCUT2D eigenvalue weighted by Gasteiger charge is 2.35. The lowest BCUT2D eigenvalue weighted by atomic mass is 9.84. The predicted octanol–water partition coefficient (Wildman–Crippen LogP) is 5.60. The molecule has 2 fully saturated rings. The maximum absolute atomic E-state index is 13.0. The zero-order valence-electron chi connectivity index (χ0n) is 13.3. The average molecular weight is 322 g/mol. The summed E-state index contributed by atoms with van der Waals surface area (Å²) in [6.07, 6.45) is 6.11. The van der Waals surface area contributed by atoms with E-state index in [1.807, 2.05) is 30.3 Å². The summed E-state index contributed by atoms with van der Waals surface area (Å²) in [5, 5.41) is 1.43. The summed E-state index contributed by atoms with van der Waals surface area (Å²) in [4.78, 5) is 13.0. The molecule has 0 aromatic heterocycles. The Labute approximate surface area is 142 Å². The van der Waals surface area contributed by atoms with Gasteiger partial charge < -0.3 is 0 Å². The lowest BCUT2D eigenvalue weighted by molar-refractivity contribution is 0.0897. The first-order valence-corrected chi connectivity index (χ1v) is 9.59. The fourth-order valence-electron chi connectivity index (χ4n) is 3.99. The van der Waals surface area contributed by atoms with E-state index < -0.39 is 0 Å². The Morgan fingerprint density at radius 2 is 1.57 bits per heavy atom. The summed E-state index contributed by atoms with van der Waals surface area (Å²) in [6.45, 7) is 0. The Balaban J connectivity index is 1.57. The summed E-state index contributed by atoms with van der Waals surface area (Å²) in [7, 11) is 0. The van der Waals surface area contributed by atoms with Crippen molar-refractivity contribution in [1.82, 2.24) is 0 Å². The van der Waals surface area contributed by atoms with Crippen LogP contribution in [0.25, 0.3) is 11.1 Å². The van der Waals surface area contributed by atoms with Crippen molar-refractivity contribution in [2.75, 3.05) is 0 Å². The third kappa shape index (κ3) is 3.23. The van der Waals surface area contributed by atoms with E-state index in [9.17, 15) is 4.79 Å².